The van der Waals surface area contributed by atoms with Gasteiger partial charge in [-0.05, 0) is 36.4 Å². The summed E-state index contributed by atoms with van der Waals surface area (Å²) in [6, 6.07) is 11.6. The van der Waals surface area contributed by atoms with Crippen LogP contribution in [0.15, 0.2) is 54.7 Å². The van der Waals surface area contributed by atoms with Crippen LogP contribution in [0, 0.1) is 11.6 Å². The Hall–Kier alpha value is -3.68. The zero-order valence-corrected chi connectivity index (χ0v) is 15.1. The van der Waals surface area contributed by atoms with Crippen LogP contribution in [0.4, 0.5) is 25.8 Å². The van der Waals surface area contributed by atoms with Gasteiger partial charge in [0, 0.05) is 23.5 Å². The Balaban J connectivity index is 1.69. The molecule has 0 aliphatic carbocycles. The van der Waals surface area contributed by atoms with E-state index in [4.69, 9.17) is 9.47 Å². The summed E-state index contributed by atoms with van der Waals surface area (Å²) in [5.74, 6) is -1.39. The van der Waals surface area contributed by atoms with Crippen molar-refractivity contribution in [3.63, 3.8) is 0 Å². The van der Waals surface area contributed by atoms with Crippen molar-refractivity contribution in [3.8, 4) is 11.5 Å². The number of hydrogen-bond donors (Lipinski definition) is 2. The average Bonchev–Trinajstić information content (AvgIpc) is 2.71. The highest BCUT2D eigenvalue weighted by Gasteiger charge is 2.10. The molecule has 0 fully saturated rings. The number of aromatic nitrogens is 1. The van der Waals surface area contributed by atoms with Gasteiger partial charge in [-0.15, -0.1) is 0 Å². The maximum atomic E-state index is 13.2. The van der Waals surface area contributed by atoms with E-state index >= 15 is 0 Å². The highest BCUT2D eigenvalue weighted by Crippen LogP contribution is 2.31. The molecule has 6 nitrogen and oxygen atoms in total. The Morgan fingerprint density at radius 2 is 1.57 bits per heavy atom. The van der Waals surface area contributed by atoms with Gasteiger partial charge in [-0.1, -0.05) is 0 Å². The third-order valence-corrected chi connectivity index (χ3v) is 3.85. The Morgan fingerprint density at radius 1 is 0.857 bits per heavy atom. The van der Waals surface area contributed by atoms with Gasteiger partial charge in [0.05, 0.1) is 26.1 Å². The van der Waals surface area contributed by atoms with Crippen LogP contribution in [0.2, 0.25) is 0 Å². The number of pyridine rings is 1. The molecule has 2 aromatic carbocycles. The maximum Gasteiger partial charge on any atom is 0.274 e. The van der Waals surface area contributed by atoms with E-state index in [1.54, 1.807) is 32.4 Å². The molecule has 144 valence electrons. The molecule has 3 aromatic rings. The Kier molecular flexibility index (Phi) is 5.69. The van der Waals surface area contributed by atoms with Crippen molar-refractivity contribution in [2.75, 3.05) is 24.9 Å². The second-order valence-corrected chi connectivity index (χ2v) is 5.71. The predicted molar refractivity (Wildman–Crippen MR) is 101 cm³/mol. The zero-order valence-electron chi connectivity index (χ0n) is 15.1. The molecule has 1 amide bonds. The zero-order chi connectivity index (χ0) is 20.1. The minimum Gasteiger partial charge on any atom is -0.493 e. The molecular formula is C20H17F2N3O3. The van der Waals surface area contributed by atoms with E-state index in [1.807, 2.05) is 6.07 Å². The largest absolute Gasteiger partial charge is 0.493 e. The highest BCUT2D eigenvalue weighted by molar-refractivity contribution is 6.02. The van der Waals surface area contributed by atoms with Crippen LogP contribution in [0.1, 0.15) is 10.5 Å². The van der Waals surface area contributed by atoms with Crippen molar-refractivity contribution < 1.29 is 23.0 Å². The summed E-state index contributed by atoms with van der Waals surface area (Å²) in [7, 11) is 3.10. The van der Waals surface area contributed by atoms with Gasteiger partial charge in [0.2, 0.25) is 0 Å². The number of nitrogens with zero attached hydrogens (tertiary/aromatic N) is 1. The van der Waals surface area contributed by atoms with Crippen molar-refractivity contribution in [2.45, 2.75) is 0 Å². The first kappa shape index (κ1) is 19.1. The van der Waals surface area contributed by atoms with Crippen LogP contribution < -0.4 is 20.1 Å². The van der Waals surface area contributed by atoms with Gasteiger partial charge in [-0.25, -0.2) is 13.8 Å². The first-order valence-electron chi connectivity index (χ1n) is 8.21. The maximum absolute atomic E-state index is 13.2. The summed E-state index contributed by atoms with van der Waals surface area (Å²) in [6.45, 7) is 0. The molecule has 0 aliphatic heterocycles. The van der Waals surface area contributed by atoms with E-state index in [1.165, 1.54) is 18.3 Å². The number of carbonyl (C=O) groups excluding carboxylic acids is 1. The van der Waals surface area contributed by atoms with E-state index < -0.39 is 17.5 Å². The van der Waals surface area contributed by atoms with E-state index in [0.29, 0.717) is 17.2 Å². The number of halogens is 2. The summed E-state index contributed by atoms with van der Waals surface area (Å²) >= 11 is 0. The monoisotopic (exact) mass is 385 g/mol. The smallest absolute Gasteiger partial charge is 0.274 e. The van der Waals surface area contributed by atoms with Crippen molar-refractivity contribution in [1.82, 2.24) is 4.98 Å². The SMILES string of the molecule is COc1ccc(Nc2ccc(C(=O)Nc3ccc(F)c(F)c3)nc2)cc1OC. The summed E-state index contributed by atoms with van der Waals surface area (Å²) in [5, 5.41) is 5.60. The lowest BCUT2D eigenvalue weighted by Crippen LogP contribution is -2.13. The lowest BCUT2D eigenvalue weighted by atomic mass is 10.2. The summed E-state index contributed by atoms with van der Waals surface area (Å²) in [4.78, 5) is 16.3. The predicted octanol–water partition coefficient (Wildman–Crippen LogP) is 4.37. The molecule has 0 bridgehead atoms. The molecule has 8 heteroatoms. The minimum atomic E-state index is -1.04. The van der Waals surface area contributed by atoms with Crippen molar-refractivity contribution in [1.29, 1.82) is 0 Å². The molecule has 0 atom stereocenters. The van der Waals surface area contributed by atoms with Crippen LogP contribution >= 0.6 is 0 Å². The number of rotatable bonds is 6. The van der Waals surface area contributed by atoms with Gasteiger partial charge in [0.1, 0.15) is 5.69 Å². The molecule has 1 heterocycles. The molecule has 3 rings (SSSR count). The third-order valence-electron chi connectivity index (χ3n) is 3.85. The van der Waals surface area contributed by atoms with Crippen LogP contribution in [-0.2, 0) is 0 Å². The number of nitrogens with one attached hydrogen (secondary N) is 2. The van der Waals surface area contributed by atoms with Crippen LogP contribution in [0.25, 0.3) is 0 Å². The number of carbonyl (C=O) groups is 1. The number of benzene rings is 2. The van der Waals surface area contributed by atoms with Gasteiger partial charge in [-0.3, -0.25) is 4.79 Å². The molecule has 0 unspecified atom stereocenters. The third kappa shape index (κ3) is 4.35. The van der Waals surface area contributed by atoms with E-state index in [-0.39, 0.29) is 11.4 Å². The molecule has 0 saturated heterocycles. The number of methoxy groups -OCH3 is 2. The summed E-state index contributed by atoms with van der Waals surface area (Å²) in [5.41, 5.74) is 1.66. The normalized spacial score (nSPS) is 10.3. The lowest BCUT2D eigenvalue weighted by Gasteiger charge is -2.11. The van der Waals surface area contributed by atoms with Crippen molar-refractivity contribution in [2.24, 2.45) is 0 Å². The van der Waals surface area contributed by atoms with Crippen LogP contribution in [0.3, 0.4) is 0 Å². The minimum absolute atomic E-state index is 0.127. The molecule has 0 spiro atoms. The van der Waals surface area contributed by atoms with Crippen molar-refractivity contribution in [3.05, 3.63) is 72.1 Å². The van der Waals surface area contributed by atoms with E-state index in [2.05, 4.69) is 15.6 Å². The van der Waals surface area contributed by atoms with E-state index in [0.717, 1.165) is 17.8 Å². The molecular weight excluding hydrogens is 368 g/mol. The van der Waals surface area contributed by atoms with E-state index in [9.17, 15) is 13.6 Å². The fourth-order valence-corrected chi connectivity index (χ4v) is 2.45. The fourth-order valence-electron chi connectivity index (χ4n) is 2.45. The lowest BCUT2D eigenvalue weighted by molar-refractivity contribution is 0.102. The second kappa shape index (κ2) is 8.34. The number of ether oxygens (including phenoxy) is 2. The molecule has 2 N–H and O–H groups in total. The average molecular weight is 385 g/mol. The molecule has 0 aliphatic rings. The summed E-state index contributed by atoms with van der Waals surface area (Å²) < 4.78 is 36.6. The van der Waals surface area contributed by atoms with Crippen LogP contribution in [-0.4, -0.2) is 25.1 Å². The van der Waals surface area contributed by atoms with Gasteiger partial charge in [-0.2, -0.15) is 0 Å². The number of anilines is 3. The number of amides is 1. The van der Waals surface area contributed by atoms with Crippen LogP contribution in [0.5, 0.6) is 11.5 Å². The molecule has 0 radical (unpaired) electrons. The van der Waals surface area contributed by atoms with Gasteiger partial charge in [0.15, 0.2) is 23.1 Å². The van der Waals surface area contributed by atoms with Crippen molar-refractivity contribution >= 4 is 23.0 Å². The quantitative estimate of drug-likeness (QED) is 0.659. The molecule has 0 saturated carbocycles. The standard InChI is InChI=1S/C20H17F2N3O3/c1-27-18-8-5-13(10-19(18)28-2)24-14-4-7-17(23-11-14)20(26)25-12-3-6-15(21)16(22)9-12/h3-11,24H,1-2H3,(H,25,26). The van der Waals surface area contributed by atoms with Gasteiger partial charge < -0.3 is 20.1 Å². The first-order chi connectivity index (χ1) is 13.5. The van der Waals surface area contributed by atoms with Gasteiger partial charge in [0.25, 0.3) is 5.91 Å². The number of hydrogen-bond acceptors (Lipinski definition) is 5. The highest BCUT2D eigenvalue weighted by atomic mass is 19.2. The Bertz CT molecular complexity index is 994. The Labute approximate surface area is 160 Å². The molecule has 28 heavy (non-hydrogen) atoms. The van der Waals surface area contributed by atoms with Gasteiger partial charge >= 0.3 is 0 Å². The second-order valence-electron chi connectivity index (χ2n) is 5.71. The fraction of sp³-hybridized carbons (Fsp3) is 0.100. The first-order valence-corrected chi connectivity index (χ1v) is 8.21. The topological polar surface area (TPSA) is 72.5 Å². The molecule has 1 aromatic heterocycles. The Morgan fingerprint density at radius 3 is 2.21 bits per heavy atom. The summed E-state index contributed by atoms with van der Waals surface area (Å²) in [6.07, 6.45) is 1.48.